The van der Waals surface area contributed by atoms with Gasteiger partial charge in [-0.1, -0.05) is 27.7 Å². The maximum Gasteiger partial charge on any atom is 0.0630 e. The first kappa shape index (κ1) is 14.2. The lowest BCUT2D eigenvalue weighted by atomic mass is 9.75. The molecule has 3 heteroatoms. The molecule has 0 radical (unpaired) electrons. The highest BCUT2D eigenvalue weighted by Gasteiger charge is 2.29. The van der Waals surface area contributed by atoms with Crippen molar-refractivity contribution < 1.29 is 0 Å². The lowest BCUT2D eigenvalue weighted by molar-refractivity contribution is 0.205. The lowest BCUT2D eigenvalue weighted by Gasteiger charge is -2.33. The van der Waals surface area contributed by atoms with E-state index < -0.39 is 0 Å². The second-order valence-electron chi connectivity index (χ2n) is 5.64. The van der Waals surface area contributed by atoms with Crippen molar-refractivity contribution >= 4 is 0 Å². The molecule has 0 aliphatic heterocycles. The van der Waals surface area contributed by atoms with E-state index in [1.165, 1.54) is 12.1 Å². The Labute approximate surface area is 106 Å². The Balaban J connectivity index is 2.64. The standard InChI is InChI=1S/C14H27N3/c1-6-8-15-11-14(4,12(2)3)10-13-7-9-17(5)16-13/h7,9,12,15H,6,8,10-11H2,1-5H3. The zero-order valence-electron chi connectivity index (χ0n) is 12.0. The van der Waals surface area contributed by atoms with E-state index in [2.05, 4.69) is 44.2 Å². The molecule has 0 saturated heterocycles. The molecule has 3 nitrogen and oxygen atoms in total. The summed E-state index contributed by atoms with van der Waals surface area (Å²) in [5, 5.41) is 8.04. The maximum atomic E-state index is 4.50. The monoisotopic (exact) mass is 237 g/mol. The minimum Gasteiger partial charge on any atom is -0.316 e. The SMILES string of the molecule is CCCNCC(C)(Cc1ccn(C)n1)C(C)C. The molecule has 0 spiro atoms. The number of nitrogens with zero attached hydrogens (tertiary/aromatic N) is 2. The van der Waals surface area contributed by atoms with Gasteiger partial charge in [0.25, 0.3) is 0 Å². The van der Waals surface area contributed by atoms with E-state index in [4.69, 9.17) is 0 Å². The van der Waals surface area contributed by atoms with E-state index in [0.29, 0.717) is 5.92 Å². The molecule has 0 saturated carbocycles. The predicted molar refractivity (Wildman–Crippen MR) is 73.0 cm³/mol. The largest absolute Gasteiger partial charge is 0.316 e. The van der Waals surface area contributed by atoms with E-state index in [0.717, 1.165) is 19.5 Å². The van der Waals surface area contributed by atoms with Crippen LogP contribution in [0.5, 0.6) is 0 Å². The summed E-state index contributed by atoms with van der Waals surface area (Å²) in [6.07, 6.45) is 4.26. The van der Waals surface area contributed by atoms with Gasteiger partial charge in [0.05, 0.1) is 5.69 Å². The summed E-state index contributed by atoms with van der Waals surface area (Å²) in [5.74, 6) is 0.647. The molecular weight excluding hydrogens is 210 g/mol. The van der Waals surface area contributed by atoms with Crippen LogP contribution in [-0.2, 0) is 13.5 Å². The summed E-state index contributed by atoms with van der Waals surface area (Å²) in [4.78, 5) is 0. The van der Waals surface area contributed by atoms with Crippen LogP contribution < -0.4 is 5.32 Å². The quantitative estimate of drug-likeness (QED) is 0.739. The fraction of sp³-hybridized carbons (Fsp3) is 0.786. The van der Waals surface area contributed by atoms with Crippen molar-refractivity contribution in [1.29, 1.82) is 0 Å². The molecule has 17 heavy (non-hydrogen) atoms. The highest BCUT2D eigenvalue weighted by Crippen LogP contribution is 2.30. The fourth-order valence-electron chi connectivity index (χ4n) is 1.99. The van der Waals surface area contributed by atoms with Gasteiger partial charge >= 0.3 is 0 Å². The third-order valence-corrected chi connectivity index (χ3v) is 3.70. The Morgan fingerprint density at radius 3 is 2.65 bits per heavy atom. The predicted octanol–water partition coefficient (Wildman–Crippen LogP) is 2.62. The molecule has 0 aromatic carbocycles. The number of hydrogen-bond acceptors (Lipinski definition) is 2. The topological polar surface area (TPSA) is 29.9 Å². The minimum absolute atomic E-state index is 0.281. The van der Waals surface area contributed by atoms with Crippen molar-refractivity contribution in [3.8, 4) is 0 Å². The molecule has 1 N–H and O–H groups in total. The van der Waals surface area contributed by atoms with Gasteiger partial charge in [-0.05, 0) is 36.8 Å². The van der Waals surface area contributed by atoms with Gasteiger partial charge in [0, 0.05) is 19.8 Å². The number of nitrogens with one attached hydrogen (secondary N) is 1. The first-order chi connectivity index (χ1) is 7.98. The van der Waals surface area contributed by atoms with Crippen LogP contribution in [0.4, 0.5) is 0 Å². The van der Waals surface area contributed by atoms with E-state index in [9.17, 15) is 0 Å². The van der Waals surface area contributed by atoms with Crippen molar-refractivity contribution in [3.63, 3.8) is 0 Å². The average Bonchev–Trinajstić information content (AvgIpc) is 2.64. The van der Waals surface area contributed by atoms with Crippen molar-refractivity contribution in [1.82, 2.24) is 15.1 Å². The van der Waals surface area contributed by atoms with E-state index >= 15 is 0 Å². The van der Waals surface area contributed by atoms with Gasteiger partial charge in [-0.2, -0.15) is 5.10 Å². The van der Waals surface area contributed by atoms with E-state index in [1.807, 2.05) is 17.9 Å². The molecule has 98 valence electrons. The Bertz CT molecular complexity index is 330. The third kappa shape index (κ3) is 4.15. The maximum absolute atomic E-state index is 4.50. The summed E-state index contributed by atoms with van der Waals surface area (Å²) in [7, 11) is 1.98. The first-order valence-corrected chi connectivity index (χ1v) is 6.67. The number of aryl methyl sites for hydroxylation is 1. The van der Waals surface area contributed by atoms with Gasteiger partial charge in [0.15, 0.2) is 0 Å². The van der Waals surface area contributed by atoms with Crippen LogP contribution in [0.2, 0.25) is 0 Å². The molecule has 0 aliphatic carbocycles. The van der Waals surface area contributed by atoms with Gasteiger partial charge in [0.2, 0.25) is 0 Å². The highest BCUT2D eigenvalue weighted by atomic mass is 15.2. The molecule has 1 unspecified atom stereocenters. The molecule has 1 aromatic rings. The van der Waals surface area contributed by atoms with Gasteiger partial charge < -0.3 is 5.32 Å². The van der Waals surface area contributed by atoms with Gasteiger partial charge in [-0.25, -0.2) is 0 Å². The minimum atomic E-state index is 0.281. The molecular formula is C14H27N3. The van der Waals surface area contributed by atoms with Crippen LogP contribution >= 0.6 is 0 Å². The van der Waals surface area contributed by atoms with Crippen molar-refractivity contribution in [2.45, 2.75) is 40.5 Å². The molecule has 1 rings (SSSR count). The molecule has 0 amide bonds. The number of aromatic nitrogens is 2. The summed E-state index contributed by atoms with van der Waals surface area (Å²) in [6.45, 7) is 11.3. The molecule has 1 heterocycles. The third-order valence-electron chi connectivity index (χ3n) is 3.70. The van der Waals surface area contributed by atoms with E-state index in [1.54, 1.807) is 0 Å². The van der Waals surface area contributed by atoms with Crippen LogP contribution in [0.3, 0.4) is 0 Å². The molecule has 0 fully saturated rings. The molecule has 1 atom stereocenters. The second-order valence-corrected chi connectivity index (χ2v) is 5.64. The molecule has 1 aromatic heterocycles. The van der Waals surface area contributed by atoms with Gasteiger partial charge in [0.1, 0.15) is 0 Å². The zero-order chi connectivity index (χ0) is 12.9. The Morgan fingerprint density at radius 1 is 1.47 bits per heavy atom. The van der Waals surface area contributed by atoms with Crippen LogP contribution in [-0.4, -0.2) is 22.9 Å². The molecule has 0 bridgehead atoms. The average molecular weight is 237 g/mol. The van der Waals surface area contributed by atoms with Crippen LogP contribution in [0.25, 0.3) is 0 Å². The van der Waals surface area contributed by atoms with Crippen LogP contribution in [0, 0.1) is 11.3 Å². The summed E-state index contributed by atoms with van der Waals surface area (Å²) in [5.41, 5.74) is 1.48. The second kappa shape index (κ2) is 6.20. The van der Waals surface area contributed by atoms with Crippen molar-refractivity contribution in [2.75, 3.05) is 13.1 Å². The zero-order valence-corrected chi connectivity index (χ0v) is 12.0. The summed E-state index contributed by atoms with van der Waals surface area (Å²) < 4.78 is 1.88. The van der Waals surface area contributed by atoms with Gasteiger partial charge in [-0.15, -0.1) is 0 Å². The summed E-state index contributed by atoms with van der Waals surface area (Å²) in [6, 6.07) is 2.13. The van der Waals surface area contributed by atoms with Crippen LogP contribution in [0.15, 0.2) is 12.3 Å². The highest BCUT2D eigenvalue weighted by molar-refractivity contribution is 5.03. The van der Waals surface area contributed by atoms with Crippen molar-refractivity contribution in [2.24, 2.45) is 18.4 Å². The lowest BCUT2D eigenvalue weighted by Crippen LogP contribution is -2.38. The Hall–Kier alpha value is -0.830. The Kier molecular flexibility index (Phi) is 5.19. The summed E-state index contributed by atoms with van der Waals surface area (Å²) >= 11 is 0. The van der Waals surface area contributed by atoms with E-state index in [-0.39, 0.29) is 5.41 Å². The van der Waals surface area contributed by atoms with Crippen LogP contribution in [0.1, 0.15) is 39.8 Å². The van der Waals surface area contributed by atoms with Gasteiger partial charge in [-0.3, -0.25) is 4.68 Å². The fourth-order valence-corrected chi connectivity index (χ4v) is 1.99. The molecule has 0 aliphatic rings. The van der Waals surface area contributed by atoms with Crippen molar-refractivity contribution in [3.05, 3.63) is 18.0 Å². The Morgan fingerprint density at radius 2 is 2.18 bits per heavy atom. The number of hydrogen-bond donors (Lipinski definition) is 1. The first-order valence-electron chi connectivity index (χ1n) is 6.67. The smallest absolute Gasteiger partial charge is 0.0630 e. The normalized spacial score (nSPS) is 15.2. The number of rotatable bonds is 7.